The number of fused-ring (bicyclic) bond motifs is 3. The molecule has 3 heteroatoms. The molecular formula is C54H50N2S. The smallest absolute Gasteiger partial charge is 0.0476 e. The van der Waals surface area contributed by atoms with Crippen LogP contribution in [0.1, 0.15) is 86.8 Å². The van der Waals surface area contributed by atoms with Gasteiger partial charge in [-0.2, -0.15) is 0 Å². The van der Waals surface area contributed by atoms with Gasteiger partial charge in [0.15, 0.2) is 0 Å². The zero-order chi connectivity index (χ0) is 38.0. The molecule has 2 fully saturated rings. The van der Waals surface area contributed by atoms with Gasteiger partial charge in [-0.25, -0.2) is 0 Å². The molecule has 2 aliphatic rings. The molecule has 7 aromatic carbocycles. The molecule has 0 amide bonds. The van der Waals surface area contributed by atoms with Crippen molar-refractivity contribution in [1.82, 2.24) is 0 Å². The average Bonchev–Trinajstić information content (AvgIpc) is 3.67. The Kier molecular flexibility index (Phi) is 9.86. The van der Waals surface area contributed by atoms with Crippen LogP contribution in [0.3, 0.4) is 0 Å². The number of thiophene rings is 1. The molecule has 0 radical (unpaired) electrons. The Morgan fingerprint density at radius 2 is 0.842 bits per heavy atom. The van der Waals surface area contributed by atoms with E-state index < -0.39 is 0 Å². The van der Waals surface area contributed by atoms with Crippen LogP contribution < -0.4 is 9.80 Å². The summed E-state index contributed by atoms with van der Waals surface area (Å²) < 4.78 is 2.65. The van der Waals surface area contributed by atoms with E-state index in [1.807, 2.05) is 11.3 Å². The van der Waals surface area contributed by atoms with Crippen LogP contribution in [0.5, 0.6) is 0 Å². The van der Waals surface area contributed by atoms with Crippen LogP contribution in [-0.2, 0) is 5.41 Å². The minimum Gasteiger partial charge on any atom is -0.311 e. The Labute approximate surface area is 342 Å². The Morgan fingerprint density at radius 3 is 1.44 bits per heavy atom. The van der Waals surface area contributed by atoms with Crippen molar-refractivity contribution in [3.8, 4) is 0 Å². The number of hydrogen-bond donors (Lipinski definition) is 0. The van der Waals surface area contributed by atoms with Crippen LogP contribution in [0, 0.1) is 0 Å². The highest BCUT2D eigenvalue weighted by Gasteiger charge is 2.36. The summed E-state index contributed by atoms with van der Waals surface area (Å²) in [5.41, 5.74) is 11.5. The van der Waals surface area contributed by atoms with E-state index in [0.717, 1.165) is 0 Å². The van der Waals surface area contributed by atoms with E-state index in [0.29, 0.717) is 5.92 Å². The zero-order valence-electron chi connectivity index (χ0n) is 32.7. The van der Waals surface area contributed by atoms with Crippen molar-refractivity contribution in [2.75, 3.05) is 9.80 Å². The fraction of sp³-hybridized carbons (Fsp3) is 0.222. The number of hydrogen-bond acceptors (Lipinski definition) is 3. The first-order chi connectivity index (χ1) is 28.2. The number of anilines is 6. The molecule has 0 spiro atoms. The van der Waals surface area contributed by atoms with Crippen molar-refractivity contribution in [3.63, 3.8) is 0 Å². The lowest BCUT2D eigenvalue weighted by atomic mass is 9.65. The van der Waals surface area contributed by atoms with Gasteiger partial charge in [0.1, 0.15) is 0 Å². The van der Waals surface area contributed by atoms with Gasteiger partial charge in [0.2, 0.25) is 0 Å². The van der Waals surface area contributed by atoms with Crippen LogP contribution >= 0.6 is 11.3 Å². The van der Waals surface area contributed by atoms with E-state index in [-0.39, 0.29) is 5.41 Å². The third kappa shape index (κ3) is 6.93. The molecule has 2 aliphatic carbocycles. The number of rotatable bonds is 9. The lowest BCUT2D eigenvalue weighted by Gasteiger charge is -2.39. The molecule has 1 heterocycles. The topological polar surface area (TPSA) is 6.48 Å². The summed E-state index contributed by atoms with van der Waals surface area (Å²) in [6, 6.07) is 66.0. The van der Waals surface area contributed by atoms with Gasteiger partial charge in [0.25, 0.3) is 0 Å². The Bertz CT molecular complexity index is 2560. The summed E-state index contributed by atoms with van der Waals surface area (Å²) in [6.07, 6.45) is 12.9. The van der Waals surface area contributed by atoms with E-state index in [1.165, 1.54) is 135 Å². The second kappa shape index (κ2) is 15.7. The SMILES string of the molecule is c1ccc(N(c2ccc(C3CCCCC3)cc2)c2ccc(C3(c4ccc(N(c5ccccc5)c5ccc6c(c5)sc5ccccc56)cc4)CCCCC3)cc2)cc1. The van der Waals surface area contributed by atoms with E-state index in [9.17, 15) is 0 Å². The maximum atomic E-state index is 2.43. The Balaban J connectivity index is 0.986. The van der Waals surface area contributed by atoms with Crippen molar-refractivity contribution in [2.45, 2.75) is 75.5 Å². The summed E-state index contributed by atoms with van der Waals surface area (Å²) in [7, 11) is 0. The average molecular weight is 759 g/mol. The van der Waals surface area contributed by atoms with Crippen LogP contribution in [0.4, 0.5) is 34.1 Å². The minimum atomic E-state index is -0.0118. The minimum absolute atomic E-state index is 0.0118. The highest BCUT2D eigenvalue weighted by molar-refractivity contribution is 7.25. The molecule has 282 valence electrons. The number of nitrogens with zero attached hydrogens (tertiary/aromatic N) is 2. The van der Waals surface area contributed by atoms with Crippen LogP contribution in [0.25, 0.3) is 20.2 Å². The normalized spacial score (nSPS) is 15.8. The fourth-order valence-electron chi connectivity index (χ4n) is 9.99. The second-order valence-corrected chi connectivity index (χ2v) is 17.4. The van der Waals surface area contributed by atoms with Gasteiger partial charge >= 0.3 is 0 Å². The molecule has 0 N–H and O–H groups in total. The van der Waals surface area contributed by atoms with Gasteiger partial charge < -0.3 is 9.80 Å². The van der Waals surface area contributed by atoms with E-state index in [1.54, 1.807) is 0 Å². The highest BCUT2D eigenvalue weighted by atomic mass is 32.1. The zero-order valence-corrected chi connectivity index (χ0v) is 33.5. The molecule has 10 rings (SSSR count). The molecule has 0 unspecified atom stereocenters. The summed E-state index contributed by atoms with van der Waals surface area (Å²) >= 11 is 1.88. The van der Waals surface area contributed by atoms with Gasteiger partial charge in [-0.1, -0.05) is 136 Å². The lowest BCUT2D eigenvalue weighted by Crippen LogP contribution is -2.30. The molecular weight excluding hydrogens is 709 g/mol. The third-order valence-corrected chi connectivity index (χ3v) is 14.1. The standard InChI is InChI=1S/C54H50N2S/c1-5-15-40(16-6-1)41-23-29-46(30-24-41)55(44-17-7-2-8-18-44)47-31-25-42(26-32-47)54(37-13-4-14-38-54)43-27-33-48(34-28-43)56(45-19-9-3-10-20-45)49-35-36-51-50-21-11-12-22-52(50)57-53(51)39-49/h2-3,7-12,17-36,39-40H,1,4-6,13-16,37-38H2. The predicted molar refractivity (Wildman–Crippen MR) is 245 cm³/mol. The molecule has 2 saturated carbocycles. The number of para-hydroxylation sites is 2. The molecule has 0 saturated heterocycles. The van der Waals surface area contributed by atoms with E-state index >= 15 is 0 Å². The van der Waals surface area contributed by atoms with Crippen molar-refractivity contribution >= 4 is 65.6 Å². The second-order valence-electron chi connectivity index (χ2n) is 16.3. The quantitative estimate of drug-likeness (QED) is 0.145. The maximum absolute atomic E-state index is 2.43. The summed E-state index contributed by atoms with van der Waals surface area (Å²) in [6.45, 7) is 0. The first-order valence-corrected chi connectivity index (χ1v) is 22.0. The fourth-order valence-corrected chi connectivity index (χ4v) is 11.1. The molecule has 0 bridgehead atoms. The summed E-state index contributed by atoms with van der Waals surface area (Å²) in [4.78, 5) is 4.83. The van der Waals surface area contributed by atoms with Crippen molar-refractivity contribution in [3.05, 3.63) is 193 Å². The Hall–Kier alpha value is -5.64. The first kappa shape index (κ1) is 35.8. The van der Waals surface area contributed by atoms with Crippen molar-refractivity contribution in [1.29, 1.82) is 0 Å². The molecule has 0 aliphatic heterocycles. The van der Waals surface area contributed by atoms with Crippen LogP contribution in [-0.4, -0.2) is 0 Å². The van der Waals surface area contributed by atoms with E-state index in [2.05, 4.69) is 186 Å². The molecule has 2 nitrogen and oxygen atoms in total. The van der Waals surface area contributed by atoms with Crippen molar-refractivity contribution < 1.29 is 0 Å². The molecule has 0 atom stereocenters. The highest BCUT2D eigenvalue weighted by Crippen LogP contribution is 2.48. The molecule has 57 heavy (non-hydrogen) atoms. The lowest BCUT2D eigenvalue weighted by molar-refractivity contribution is 0.346. The van der Waals surface area contributed by atoms with Gasteiger partial charge in [-0.15, -0.1) is 11.3 Å². The van der Waals surface area contributed by atoms with Crippen molar-refractivity contribution in [2.24, 2.45) is 0 Å². The summed E-state index contributed by atoms with van der Waals surface area (Å²) in [5.74, 6) is 0.705. The third-order valence-electron chi connectivity index (χ3n) is 12.9. The predicted octanol–water partition coefficient (Wildman–Crippen LogP) is 16.3. The first-order valence-electron chi connectivity index (χ1n) is 21.2. The monoisotopic (exact) mass is 758 g/mol. The Morgan fingerprint density at radius 1 is 0.386 bits per heavy atom. The van der Waals surface area contributed by atoms with Gasteiger partial charge in [0, 0.05) is 59.7 Å². The molecule has 1 aromatic heterocycles. The largest absolute Gasteiger partial charge is 0.311 e. The van der Waals surface area contributed by atoms with Gasteiger partial charge in [-0.3, -0.25) is 0 Å². The number of benzene rings is 7. The van der Waals surface area contributed by atoms with Crippen LogP contribution in [0.15, 0.2) is 176 Å². The maximum Gasteiger partial charge on any atom is 0.0476 e. The van der Waals surface area contributed by atoms with E-state index in [4.69, 9.17) is 0 Å². The summed E-state index contributed by atoms with van der Waals surface area (Å²) in [5, 5.41) is 2.66. The van der Waals surface area contributed by atoms with Gasteiger partial charge in [0.05, 0.1) is 0 Å². The van der Waals surface area contributed by atoms with Gasteiger partial charge in [-0.05, 0) is 127 Å². The van der Waals surface area contributed by atoms with Crippen LogP contribution in [0.2, 0.25) is 0 Å². The molecule has 8 aromatic rings.